The average Bonchev–Trinajstić information content (AvgIpc) is 1.65. The molecule has 18 rings (SSSR count). The normalized spacial score (nSPS) is 18.5. The van der Waals surface area contributed by atoms with Crippen molar-refractivity contribution in [1.29, 1.82) is 0 Å². The molecule has 0 radical (unpaired) electrons. The quantitative estimate of drug-likeness (QED) is 0.0595. The Morgan fingerprint density at radius 3 is 1.09 bits per heavy atom. The van der Waals surface area contributed by atoms with Crippen LogP contribution >= 0.6 is 125 Å². The van der Waals surface area contributed by atoms with Gasteiger partial charge in [0.15, 0.2) is 0 Å². The van der Waals surface area contributed by atoms with Crippen LogP contribution in [0.5, 0.6) is 5.75 Å². The number of imidazole rings is 6. The monoisotopic (exact) mass is 1830 g/mol. The van der Waals surface area contributed by atoms with Crippen LogP contribution in [0, 0.1) is 47.1 Å². The van der Waals surface area contributed by atoms with Gasteiger partial charge in [0.05, 0.1) is 221 Å². The molecule has 19 nitrogen and oxygen atoms in total. The Morgan fingerprint density at radius 2 is 0.673 bits per heavy atom. The smallest absolute Gasteiger partial charge is 0.145 e. The van der Waals surface area contributed by atoms with Crippen molar-refractivity contribution in [2.24, 2.45) is 35.5 Å². The number of hydrogen-bond donors (Lipinski definition) is 6. The number of halogens is 12. The lowest BCUT2D eigenvalue weighted by Gasteiger charge is -2.28. The standard InChI is InChI=1S/C15H18ClFN2O.C15H19ClN2O2.C14H15Cl3N2O.C14H16ClFN2O.C13H14BrClN2O.C11H10BrClN2O/c16-14-12(17)7-11-8-18-9-19(11)15(14)13(20)6-10-4-2-1-3-5-10;1-20-13-7-11(15(19)10-5-3-2-4-6-10)18-9-17-8-12(18)14(13)16;15-10-9-6-18-7-19(9)13(12(17)11(10)16)14(20)8-4-2-1-3-5-8;15-12-11(16)6-10-7-17-8-18(10)13(12)14(19)9-4-2-1-3-5-9;14-10-5-9-6-16-7-17(9)12(11(10)15)13(18)8-3-1-2-4-8;12-8-3-7-4-14-5-15(7)10(9(8)13)11(16)6-1-2-6/h7-10,13,20H,1-6H2;7-10,15,19H,2-6H2,1H3;6-8,14,20H,1-5H2;6-9,14,19H,1-5H2;5-8,13,18H,1-4H2;3-6,11,16H,1-2H2. The molecule has 6 aliphatic rings. The van der Waals surface area contributed by atoms with Crippen LogP contribution in [0.2, 0.25) is 40.2 Å². The Labute approximate surface area is 711 Å². The van der Waals surface area contributed by atoms with E-state index in [0.717, 1.165) is 145 Å². The summed E-state index contributed by atoms with van der Waals surface area (Å²) in [5.74, 6) is 1.40. The summed E-state index contributed by atoms with van der Waals surface area (Å²) in [6, 6.07) is 8.33. The lowest BCUT2D eigenvalue weighted by atomic mass is 9.84. The molecule has 12 aromatic heterocycles. The SMILES string of the molecule is COc1cc(C(O)C2CCCCC2)n2cncc2c1Cl.OC(CC1CCCCC1)c1c(Cl)c(F)cc2cncn12.OC(c1c(Cl)c(Br)cc2cncn12)C1CC1.OC(c1c(Cl)c(Br)cc2cncn12)C1CCCC1.OC(c1c(Cl)c(Cl)c(Cl)c2cncn12)C1CCCCC1.OC(c1c(Cl)c(F)cc2cncn12)C1CCCCC1. The molecule has 12 aromatic rings. The van der Waals surface area contributed by atoms with Gasteiger partial charge in [-0.25, -0.2) is 38.7 Å². The first-order valence-electron chi connectivity index (χ1n) is 39.0. The van der Waals surface area contributed by atoms with Crippen LogP contribution in [-0.4, -0.2) is 94.1 Å². The molecule has 6 atom stereocenters. The van der Waals surface area contributed by atoms with Gasteiger partial charge in [0, 0.05) is 27.1 Å². The third kappa shape index (κ3) is 19.3. The van der Waals surface area contributed by atoms with Crippen molar-refractivity contribution in [3.8, 4) is 5.75 Å². The molecule has 31 heteroatoms. The summed E-state index contributed by atoms with van der Waals surface area (Å²) in [5.41, 5.74) is 8.32. The van der Waals surface area contributed by atoms with Crippen molar-refractivity contribution >= 4 is 158 Å². The van der Waals surface area contributed by atoms with E-state index in [1.807, 2.05) is 31.4 Å². The number of ether oxygens (including phenoxy) is 1. The molecule has 6 aliphatic carbocycles. The maximum Gasteiger partial charge on any atom is 0.145 e. The molecule has 12 heterocycles. The Kier molecular flexibility index (Phi) is 29.7. The third-order valence-corrected chi connectivity index (χ3v) is 28.3. The maximum atomic E-state index is 13.8. The molecule has 0 saturated heterocycles. The van der Waals surface area contributed by atoms with Crippen LogP contribution in [0.1, 0.15) is 244 Å². The van der Waals surface area contributed by atoms with Crippen LogP contribution in [0.3, 0.4) is 0 Å². The second kappa shape index (κ2) is 39.2. The van der Waals surface area contributed by atoms with Gasteiger partial charge in [-0.1, -0.05) is 196 Å². The van der Waals surface area contributed by atoms with Gasteiger partial charge in [0.1, 0.15) is 22.4 Å². The van der Waals surface area contributed by atoms with Crippen molar-refractivity contribution in [3.63, 3.8) is 0 Å². The highest BCUT2D eigenvalue weighted by atomic mass is 79.9. The van der Waals surface area contributed by atoms with Crippen molar-refractivity contribution in [3.05, 3.63) is 200 Å². The number of pyridine rings is 6. The summed E-state index contributed by atoms with van der Waals surface area (Å²) in [4.78, 5) is 24.4. The van der Waals surface area contributed by atoms with Crippen molar-refractivity contribution in [1.82, 2.24) is 56.3 Å². The van der Waals surface area contributed by atoms with E-state index in [2.05, 4.69) is 61.8 Å². The van der Waals surface area contributed by atoms with Gasteiger partial charge in [0.25, 0.3) is 0 Å². The molecular formula is C82H92Br2Cl8F2N12O7. The molecule has 0 bridgehead atoms. The molecule has 0 aromatic carbocycles. The number of aromatic nitrogens is 12. The molecule has 6 saturated carbocycles. The fourth-order valence-electron chi connectivity index (χ4n) is 17.1. The summed E-state index contributed by atoms with van der Waals surface area (Å²) in [7, 11) is 1.59. The topological polar surface area (TPSA) is 234 Å². The first kappa shape index (κ1) is 85.7. The number of aliphatic hydroxyl groups excluding tert-OH is 6. The van der Waals surface area contributed by atoms with Gasteiger partial charge >= 0.3 is 0 Å². The highest BCUT2D eigenvalue weighted by molar-refractivity contribution is 9.11. The Hall–Kier alpha value is -5.16. The highest BCUT2D eigenvalue weighted by Gasteiger charge is 2.36. The van der Waals surface area contributed by atoms with Crippen LogP contribution in [0.25, 0.3) is 33.1 Å². The molecule has 6 N–H and O–H groups in total. The van der Waals surface area contributed by atoms with Crippen molar-refractivity contribution < 1.29 is 44.2 Å². The number of methoxy groups -OCH3 is 1. The number of fused-ring (bicyclic) bond motifs is 6. The van der Waals surface area contributed by atoms with Gasteiger partial charge in [-0.15, -0.1) is 0 Å². The van der Waals surface area contributed by atoms with E-state index in [0.29, 0.717) is 94.6 Å². The molecule has 0 spiro atoms. The largest absolute Gasteiger partial charge is 0.495 e. The van der Waals surface area contributed by atoms with E-state index in [4.69, 9.17) is 97.5 Å². The van der Waals surface area contributed by atoms with Crippen LogP contribution in [-0.2, 0) is 0 Å². The van der Waals surface area contributed by atoms with E-state index < -0.39 is 48.3 Å². The number of nitrogens with zero attached hydrogens (tertiary/aromatic N) is 12. The fourth-order valence-corrected chi connectivity index (χ4v) is 20.0. The number of rotatable bonds is 14. The zero-order valence-corrected chi connectivity index (χ0v) is 71.5. The first-order chi connectivity index (χ1) is 54.5. The minimum atomic E-state index is -0.752. The molecule has 6 fully saturated rings. The summed E-state index contributed by atoms with van der Waals surface area (Å²) >= 11 is 56.5. The zero-order valence-electron chi connectivity index (χ0n) is 62.3. The van der Waals surface area contributed by atoms with Gasteiger partial charge in [-0.05, 0) is 150 Å². The lowest BCUT2D eigenvalue weighted by Crippen LogP contribution is -2.19. The van der Waals surface area contributed by atoms with Crippen LogP contribution in [0.15, 0.2) is 114 Å². The molecular weight excluding hydrogens is 1750 g/mol. The van der Waals surface area contributed by atoms with Crippen molar-refractivity contribution in [2.45, 2.75) is 210 Å². The summed E-state index contributed by atoms with van der Waals surface area (Å²) in [6.07, 6.45) is 46.2. The van der Waals surface area contributed by atoms with E-state index >= 15 is 0 Å². The highest BCUT2D eigenvalue weighted by Crippen LogP contribution is 2.48. The summed E-state index contributed by atoms with van der Waals surface area (Å²) in [6.45, 7) is 0. The predicted octanol–water partition coefficient (Wildman–Crippen LogP) is 23.6. The van der Waals surface area contributed by atoms with Gasteiger partial charge < -0.3 is 35.4 Å². The molecule has 606 valence electrons. The summed E-state index contributed by atoms with van der Waals surface area (Å²) in [5, 5.41) is 66.0. The molecule has 113 heavy (non-hydrogen) atoms. The average molecular weight is 1840 g/mol. The van der Waals surface area contributed by atoms with Gasteiger partial charge in [-0.2, -0.15) is 0 Å². The van der Waals surface area contributed by atoms with Crippen LogP contribution < -0.4 is 4.74 Å². The lowest BCUT2D eigenvalue weighted by molar-refractivity contribution is 0.0798. The predicted molar refractivity (Wildman–Crippen MR) is 448 cm³/mol. The third-order valence-electron chi connectivity index (χ3n) is 23.4. The Bertz CT molecular complexity index is 5220. The van der Waals surface area contributed by atoms with Gasteiger partial charge in [0.2, 0.25) is 0 Å². The molecule has 0 aliphatic heterocycles. The first-order valence-corrected chi connectivity index (χ1v) is 43.6. The van der Waals surface area contributed by atoms with E-state index in [9.17, 15) is 39.4 Å². The van der Waals surface area contributed by atoms with Crippen molar-refractivity contribution in [2.75, 3.05) is 7.11 Å². The fraction of sp³-hybridized carbons (Fsp3) is 0.488. The second-order valence-electron chi connectivity index (χ2n) is 30.7. The van der Waals surface area contributed by atoms with Crippen LogP contribution in [0.4, 0.5) is 8.78 Å². The van der Waals surface area contributed by atoms with E-state index in [-0.39, 0.29) is 26.9 Å². The zero-order chi connectivity index (χ0) is 79.9. The Morgan fingerprint density at radius 1 is 0.354 bits per heavy atom. The molecule has 0 amide bonds. The number of aliphatic hydroxyl groups is 6. The maximum absolute atomic E-state index is 13.8. The Balaban J connectivity index is 0.000000119. The van der Waals surface area contributed by atoms with E-state index in [1.165, 1.54) is 76.3 Å². The summed E-state index contributed by atoms with van der Waals surface area (Å²) < 4.78 is 45.3. The number of hydrogen-bond acceptors (Lipinski definition) is 13. The minimum absolute atomic E-state index is 0.00110. The second-order valence-corrected chi connectivity index (χ2v) is 35.4. The van der Waals surface area contributed by atoms with E-state index in [1.54, 1.807) is 95.5 Å². The minimum Gasteiger partial charge on any atom is -0.495 e. The van der Waals surface area contributed by atoms with Gasteiger partial charge in [-0.3, -0.25) is 26.4 Å². The molecule has 6 unspecified atom stereocenters.